The van der Waals surface area contributed by atoms with Crippen LogP contribution in [0.3, 0.4) is 0 Å². The minimum absolute atomic E-state index is 0.0466. The number of aliphatic hydroxyl groups excluding tert-OH is 1. The Hall–Kier alpha value is -2.78. The van der Waals surface area contributed by atoms with Crippen LogP contribution in [0.1, 0.15) is 47.6 Å². The molecule has 1 aromatic carbocycles. The molecule has 6 heteroatoms. The van der Waals surface area contributed by atoms with E-state index in [-0.39, 0.29) is 29.4 Å². The third kappa shape index (κ3) is 4.73. The fourth-order valence-electron chi connectivity index (χ4n) is 4.31. The van der Waals surface area contributed by atoms with E-state index < -0.39 is 12.1 Å². The van der Waals surface area contributed by atoms with E-state index >= 15 is 0 Å². The highest BCUT2D eigenvalue weighted by atomic mass is 16.4. The van der Waals surface area contributed by atoms with Crippen molar-refractivity contribution in [3.05, 3.63) is 64.9 Å². The molecule has 1 saturated carbocycles. The molecule has 28 heavy (non-hydrogen) atoms. The summed E-state index contributed by atoms with van der Waals surface area (Å²) in [5.41, 5.74) is 1.03. The van der Waals surface area contributed by atoms with Gasteiger partial charge < -0.3 is 24.6 Å². The molecule has 0 spiro atoms. The van der Waals surface area contributed by atoms with E-state index in [1.807, 2.05) is 12.1 Å². The monoisotopic (exact) mass is 383 g/mol. The van der Waals surface area contributed by atoms with Gasteiger partial charge >= 0.3 is 5.97 Å². The Bertz CT molecular complexity index is 853. The second kappa shape index (κ2) is 8.94. The zero-order chi connectivity index (χ0) is 20.1. The van der Waals surface area contributed by atoms with Crippen molar-refractivity contribution in [3.8, 4) is 5.75 Å². The van der Waals surface area contributed by atoms with Gasteiger partial charge in [-0.2, -0.15) is 0 Å². The lowest BCUT2D eigenvalue weighted by atomic mass is 9.84. The third-order valence-corrected chi connectivity index (χ3v) is 5.70. The first-order chi connectivity index (χ1) is 13.5. The van der Waals surface area contributed by atoms with Crippen LogP contribution in [-0.4, -0.2) is 33.4 Å². The first-order valence-electron chi connectivity index (χ1n) is 9.62. The SMILES string of the molecule is [C-]#[N+]C1CC(O)[C@H](CCCc2ccc(C(=O)O)o2)[C@H]1CCc1cccc(O)c1. The summed E-state index contributed by atoms with van der Waals surface area (Å²) in [4.78, 5) is 14.6. The van der Waals surface area contributed by atoms with Gasteiger partial charge in [0.05, 0.1) is 6.10 Å². The summed E-state index contributed by atoms with van der Waals surface area (Å²) in [5, 5.41) is 29.0. The Morgan fingerprint density at radius 3 is 2.68 bits per heavy atom. The minimum atomic E-state index is -1.08. The number of phenols is 1. The summed E-state index contributed by atoms with van der Waals surface area (Å²) >= 11 is 0. The summed E-state index contributed by atoms with van der Waals surface area (Å²) in [6.45, 7) is 7.49. The molecular weight excluding hydrogens is 358 g/mol. The van der Waals surface area contributed by atoms with E-state index in [9.17, 15) is 15.0 Å². The fourth-order valence-corrected chi connectivity index (χ4v) is 4.31. The van der Waals surface area contributed by atoms with E-state index in [1.165, 1.54) is 6.07 Å². The number of aromatic carboxylic acids is 1. The Morgan fingerprint density at radius 1 is 1.18 bits per heavy atom. The van der Waals surface area contributed by atoms with Crippen molar-refractivity contribution < 1.29 is 24.5 Å². The van der Waals surface area contributed by atoms with Gasteiger partial charge in [0.2, 0.25) is 11.8 Å². The van der Waals surface area contributed by atoms with Crippen LogP contribution in [0.15, 0.2) is 40.8 Å². The Morgan fingerprint density at radius 2 is 2.00 bits per heavy atom. The van der Waals surface area contributed by atoms with E-state index in [2.05, 4.69) is 4.85 Å². The lowest BCUT2D eigenvalue weighted by Gasteiger charge is -2.21. The molecule has 4 atom stereocenters. The largest absolute Gasteiger partial charge is 0.508 e. The Balaban J connectivity index is 1.58. The van der Waals surface area contributed by atoms with Gasteiger partial charge in [-0.15, -0.1) is 0 Å². The fraction of sp³-hybridized carbons (Fsp3) is 0.455. The molecule has 148 valence electrons. The molecule has 2 aromatic rings. The van der Waals surface area contributed by atoms with Gasteiger partial charge in [0.15, 0.2) is 0 Å². The molecule has 3 N–H and O–H groups in total. The summed E-state index contributed by atoms with van der Waals surface area (Å²) in [5.74, 6) is -0.118. The maximum atomic E-state index is 10.9. The molecule has 2 unspecified atom stereocenters. The lowest BCUT2D eigenvalue weighted by Crippen LogP contribution is -2.22. The van der Waals surface area contributed by atoms with Crippen molar-refractivity contribution in [1.82, 2.24) is 0 Å². The molecule has 0 bridgehead atoms. The molecule has 0 amide bonds. The molecule has 1 aromatic heterocycles. The van der Waals surface area contributed by atoms with E-state index in [0.717, 1.165) is 31.2 Å². The first kappa shape index (κ1) is 20.0. The second-order valence-corrected chi connectivity index (χ2v) is 7.50. The van der Waals surface area contributed by atoms with Gasteiger partial charge in [0.1, 0.15) is 11.5 Å². The van der Waals surface area contributed by atoms with Crippen LogP contribution in [0.2, 0.25) is 0 Å². The molecule has 1 heterocycles. The van der Waals surface area contributed by atoms with E-state index in [0.29, 0.717) is 18.6 Å². The average molecular weight is 383 g/mol. The number of carbonyl (C=O) groups is 1. The van der Waals surface area contributed by atoms with Crippen LogP contribution in [0.4, 0.5) is 0 Å². The van der Waals surface area contributed by atoms with Crippen molar-refractivity contribution in [2.45, 2.75) is 50.7 Å². The van der Waals surface area contributed by atoms with Crippen molar-refractivity contribution >= 4 is 5.97 Å². The van der Waals surface area contributed by atoms with Crippen LogP contribution in [0.25, 0.3) is 4.85 Å². The predicted molar refractivity (Wildman–Crippen MR) is 103 cm³/mol. The average Bonchev–Trinajstić information content (AvgIpc) is 3.25. The topological polar surface area (TPSA) is 95.3 Å². The van der Waals surface area contributed by atoms with Crippen LogP contribution in [0.5, 0.6) is 5.75 Å². The number of benzene rings is 1. The zero-order valence-electron chi connectivity index (χ0n) is 15.6. The number of nitrogens with zero attached hydrogens (tertiary/aromatic N) is 1. The van der Waals surface area contributed by atoms with Gasteiger partial charge in [0, 0.05) is 18.8 Å². The molecule has 0 radical (unpaired) electrons. The number of aryl methyl sites for hydroxylation is 2. The van der Waals surface area contributed by atoms with Gasteiger partial charge in [-0.1, -0.05) is 12.1 Å². The second-order valence-electron chi connectivity index (χ2n) is 7.50. The summed E-state index contributed by atoms with van der Waals surface area (Å²) < 4.78 is 5.29. The third-order valence-electron chi connectivity index (χ3n) is 5.70. The van der Waals surface area contributed by atoms with Gasteiger partial charge in [-0.05, 0) is 61.4 Å². The molecule has 1 fully saturated rings. The number of carboxylic acids is 1. The molecule has 6 nitrogen and oxygen atoms in total. The quantitative estimate of drug-likeness (QED) is 0.601. The smallest absolute Gasteiger partial charge is 0.371 e. The van der Waals surface area contributed by atoms with Crippen LogP contribution in [-0.2, 0) is 12.8 Å². The normalized spacial score (nSPS) is 24.1. The number of aliphatic hydroxyl groups is 1. The maximum absolute atomic E-state index is 10.9. The molecule has 1 aliphatic carbocycles. The summed E-state index contributed by atoms with van der Waals surface area (Å²) in [6, 6.07) is 10.1. The molecule has 0 saturated heterocycles. The molecular formula is C22H25NO5. The highest BCUT2D eigenvalue weighted by Gasteiger charge is 2.45. The number of carboxylic acid groups (broad SMARTS) is 1. The predicted octanol–water partition coefficient (Wildman–Crippen LogP) is 3.92. The van der Waals surface area contributed by atoms with Gasteiger partial charge in [-0.3, -0.25) is 0 Å². The first-order valence-corrected chi connectivity index (χ1v) is 9.62. The van der Waals surface area contributed by atoms with Crippen LogP contribution < -0.4 is 0 Å². The highest BCUT2D eigenvalue weighted by Crippen LogP contribution is 2.40. The Labute approximate surface area is 164 Å². The highest BCUT2D eigenvalue weighted by molar-refractivity contribution is 5.84. The van der Waals surface area contributed by atoms with Gasteiger partial charge in [0.25, 0.3) is 0 Å². The van der Waals surface area contributed by atoms with Crippen LogP contribution >= 0.6 is 0 Å². The molecule has 0 aliphatic heterocycles. The zero-order valence-corrected chi connectivity index (χ0v) is 15.6. The van der Waals surface area contributed by atoms with E-state index in [1.54, 1.807) is 18.2 Å². The maximum Gasteiger partial charge on any atom is 0.371 e. The number of hydrogen-bond donors (Lipinski definition) is 3. The minimum Gasteiger partial charge on any atom is -0.508 e. The van der Waals surface area contributed by atoms with Crippen molar-refractivity contribution in [2.24, 2.45) is 11.8 Å². The lowest BCUT2D eigenvalue weighted by molar-refractivity contribution is 0.0660. The molecule has 3 rings (SSSR count). The van der Waals surface area contributed by atoms with Crippen molar-refractivity contribution in [2.75, 3.05) is 0 Å². The van der Waals surface area contributed by atoms with Crippen molar-refractivity contribution in [1.29, 1.82) is 0 Å². The number of furan rings is 1. The summed E-state index contributed by atoms with van der Waals surface area (Å²) in [7, 11) is 0. The van der Waals surface area contributed by atoms with Crippen LogP contribution in [0, 0.1) is 18.4 Å². The van der Waals surface area contributed by atoms with Crippen molar-refractivity contribution in [3.63, 3.8) is 0 Å². The van der Waals surface area contributed by atoms with E-state index in [4.69, 9.17) is 16.1 Å². The standard InChI is InChI=1S/C22H25NO5/c1-23-19-13-20(25)18(7-3-6-16-9-11-21(28-16)22(26)27)17(19)10-8-14-4-2-5-15(24)12-14/h2,4-5,9,11-12,17-20,24-25H,3,6-8,10,13H2,(H,26,27)/t17-,18-,19?,20?/m1/s1. The number of phenolic OH excluding ortho intramolecular Hbond substituents is 1. The number of rotatable bonds is 8. The summed E-state index contributed by atoms with van der Waals surface area (Å²) in [6.07, 6.45) is 3.71. The molecule has 1 aliphatic rings. The Kier molecular flexibility index (Phi) is 6.37. The number of hydrogen-bond acceptors (Lipinski definition) is 4. The number of aromatic hydroxyl groups is 1. The van der Waals surface area contributed by atoms with Gasteiger partial charge in [-0.25, -0.2) is 11.4 Å².